The van der Waals surface area contributed by atoms with E-state index in [0.717, 1.165) is 35.9 Å². The highest BCUT2D eigenvalue weighted by atomic mass is 16.5. The third-order valence-corrected chi connectivity index (χ3v) is 2.59. The first-order valence-corrected chi connectivity index (χ1v) is 6.16. The van der Waals surface area contributed by atoms with Crippen LogP contribution >= 0.6 is 0 Å². The first kappa shape index (κ1) is 12.6. The molecule has 0 saturated heterocycles. The summed E-state index contributed by atoms with van der Waals surface area (Å²) in [5.74, 6) is 2.42. The number of oxazole rings is 1. The Hall–Kier alpha value is -1.81. The van der Waals surface area contributed by atoms with Crippen molar-refractivity contribution in [2.24, 2.45) is 0 Å². The maximum absolute atomic E-state index is 5.68. The van der Waals surface area contributed by atoms with E-state index in [1.165, 1.54) is 0 Å². The number of benzene rings is 1. The third kappa shape index (κ3) is 3.11. The maximum Gasteiger partial charge on any atom is 0.196 e. The van der Waals surface area contributed by atoms with Crippen LogP contribution in [0.4, 0.5) is 0 Å². The summed E-state index contributed by atoms with van der Waals surface area (Å²) >= 11 is 0. The molecular formula is C14H18N2O2. The Morgan fingerprint density at radius 2 is 2.06 bits per heavy atom. The fourth-order valence-electron chi connectivity index (χ4n) is 1.67. The quantitative estimate of drug-likeness (QED) is 0.850. The van der Waals surface area contributed by atoms with Gasteiger partial charge in [0, 0.05) is 18.5 Å². The first-order valence-electron chi connectivity index (χ1n) is 6.16. The van der Waals surface area contributed by atoms with Crippen molar-refractivity contribution in [3.63, 3.8) is 0 Å². The number of hydrogen-bond donors (Lipinski definition) is 1. The highest BCUT2D eigenvalue weighted by Gasteiger charge is 2.06. The fraction of sp³-hybridized carbons (Fsp3) is 0.357. The lowest BCUT2D eigenvalue weighted by Gasteiger charge is -2.02. The van der Waals surface area contributed by atoms with Gasteiger partial charge in [-0.3, -0.25) is 0 Å². The number of rotatable bonds is 6. The molecule has 2 aromatic rings. The summed E-state index contributed by atoms with van der Waals surface area (Å²) in [5.41, 5.74) is 1.02. The number of likely N-dealkylation sites (N-methyl/N-ethyl adjacent to an activating group) is 1. The van der Waals surface area contributed by atoms with E-state index in [4.69, 9.17) is 9.15 Å². The second-order valence-electron chi connectivity index (χ2n) is 3.93. The van der Waals surface area contributed by atoms with Crippen molar-refractivity contribution in [2.75, 3.05) is 20.2 Å². The van der Waals surface area contributed by atoms with Gasteiger partial charge in [-0.05, 0) is 38.2 Å². The Labute approximate surface area is 107 Å². The number of nitrogens with zero attached hydrogens (tertiary/aromatic N) is 1. The summed E-state index contributed by atoms with van der Waals surface area (Å²) in [6, 6.07) is 7.84. The number of ether oxygens (including phenoxy) is 1. The summed E-state index contributed by atoms with van der Waals surface area (Å²) < 4.78 is 11.1. The molecule has 0 saturated carbocycles. The molecule has 0 fully saturated rings. The Morgan fingerprint density at radius 1 is 1.28 bits per heavy atom. The molecule has 18 heavy (non-hydrogen) atoms. The van der Waals surface area contributed by atoms with Gasteiger partial charge in [0.05, 0.1) is 12.8 Å². The van der Waals surface area contributed by atoms with Crippen LogP contribution in [0.25, 0.3) is 11.3 Å². The van der Waals surface area contributed by atoms with Crippen molar-refractivity contribution in [1.29, 1.82) is 0 Å². The monoisotopic (exact) mass is 246 g/mol. The third-order valence-electron chi connectivity index (χ3n) is 2.59. The van der Waals surface area contributed by atoms with Gasteiger partial charge in [0.1, 0.15) is 5.75 Å². The van der Waals surface area contributed by atoms with Gasteiger partial charge >= 0.3 is 0 Å². The van der Waals surface area contributed by atoms with Gasteiger partial charge < -0.3 is 14.5 Å². The van der Waals surface area contributed by atoms with Crippen molar-refractivity contribution in [3.8, 4) is 17.1 Å². The van der Waals surface area contributed by atoms with Crippen LogP contribution in [-0.2, 0) is 6.42 Å². The molecule has 0 aliphatic heterocycles. The summed E-state index contributed by atoms with van der Waals surface area (Å²) in [5, 5.41) is 3.07. The average Bonchev–Trinajstić information content (AvgIpc) is 2.86. The highest BCUT2D eigenvalue weighted by Crippen LogP contribution is 2.23. The lowest BCUT2D eigenvalue weighted by molar-refractivity contribution is 0.340. The lowest BCUT2D eigenvalue weighted by Crippen LogP contribution is -2.10. The summed E-state index contributed by atoms with van der Waals surface area (Å²) in [7, 11) is 1.91. The van der Waals surface area contributed by atoms with Crippen molar-refractivity contribution in [1.82, 2.24) is 10.3 Å². The lowest BCUT2D eigenvalue weighted by atomic mass is 10.2. The van der Waals surface area contributed by atoms with E-state index in [2.05, 4.69) is 10.3 Å². The Balaban J connectivity index is 2.08. The molecule has 0 atom stereocenters. The van der Waals surface area contributed by atoms with E-state index in [1.54, 1.807) is 6.20 Å². The normalized spacial score (nSPS) is 10.6. The molecule has 2 rings (SSSR count). The topological polar surface area (TPSA) is 47.3 Å². The Kier molecular flexibility index (Phi) is 4.36. The van der Waals surface area contributed by atoms with E-state index < -0.39 is 0 Å². The molecule has 4 heteroatoms. The summed E-state index contributed by atoms with van der Waals surface area (Å²) in [6.07, 6.45) is 2.56. The zero-order valence-corrected chi connectivity index (χ0v) is 10.8. The smallest absolute Gasteiger partial charge is 0.196 e. The molecule has 0 unspecified atom stereocenters. The predicted molar refractivity (Wildman–Crippen MR) is 70.7 cm³/mol. The van der Waals surface area contributed by atoms with Crippen LogP contribution in [0.5, 0.6) is 5.75 Å². The van der Waals surface area contributed by atoms with E-state index in [-0.39, 0.29) is 0 Å². The van der Waals surface area contributed by atoms with Gasteiger partial charge in [-0.25, -0.2) is 4.98 Å². The predicted octanol–water partition coefficient (Wildman–Crippen LogP) is 2.50. The first-order chi connectivity index (χ1) is 8.83. The van der Waals surface area contributed by atoms with Crippen LogP contribution in [0, 0.1) is 0 Å². The molecule has 0 amide bonds. The molecule has 1 heterocycles. The fourth-order valence-corrected chi connectivity index (χ4v) is 1.67. The minimum Gasteiger partial charge on any atom is -0.494 e. The van der Waals surface area contributed by atoms with E-state index >= 15 is 0 Å². The number of hydrogen-bond acceptors (Lipinski definition) is 4. The minimum absolute atomic E-state index is 0.676. The van der Waals surface area contributed by atoms with Crippen molar-refractivity contribution >= 4 is 0 Å². The molecule has 0 spiro atoms. The van der Waals surface area contributed by atoms with Crippen LogP contribution in [0.2, 0.25) is 0 Å². The number of nitrogens with one attached hydrogen (secondary N) is 1. The molecule has 0 aliphatic carbocycles. The molecule has 4 nitrogen and oxygen atoms in total. The molecule has 1 N–H and O–H groups in total. The van der Waals surface area contributed by atoms with Crippen LogP contribution in [0.3, 0.4) is 0 Å². The van der Waals surface area contributed by atoms with Crippen molar-refractivity contribution < 1.29 is 9.15 Å². The van der Waals surface area contributed by atoms with Gasteiger partial charge in [-0.2, -0.15) is 0 Å². The molecule has 96 valence electrons. The zero-order chi connectivity index (χ0) is 12.8. The molecule has 1 aromatic carbocycles. The summed E-state index contributed by atoms with van der Waals surface area (Å²) in [4.78, 5) is 4.25. The Morgan fingerprint density at radius 3 is 2.72 bits per heavy atom. The molecule has 0 bridgehead atoms. The van der Waals surface area contributed by atoms with Gasteiger partial charge in [-0.1, -0.05) is 0 Å². The van der Waals surface area contributed by atoms with E-state index in [1.807, 2.05) is 38.2 Å². The van der Waals surface area contributed by atoms with Gasteiger partial charge in [-0.15, -0.1) is 0 Å². The zero-order valence-electron chi connectivity index (χ0n) is 10.8. The van der Waals surface area contributed by atoms with Crippen LogP contribution in [-0.4, -0.2) is 25.2 Å². The van der Waals surface area contributed by atoms with Crippen molar-refractivity contribution in [3.05, 3.63) is 36.4 Å². The minimum atomic E-state index is 0.676. The SMILES string of the molecule is CCOc1ccc(-c2cnc(CCNC)o2)cc1. The van der Waals surface area contributed by atoms with E-state index in [0.29, 0.717) is 6.61 Å². The van der Waals surface area contributed by atoms with Gasteiger partial charge in [0.25, 0.3) is 0 Å². The summed E-state index contributed by atoms with van der Waals surface area (Å²) in [6.45, 7) is 3.51. The van der Waals surface area contributed by atoms with Gasteiger partial charge in [0.2, 0.25) is 0 Å². The van der Waals surface area contributed by atoms with Crippen LogP contribution < -0.4 is 10.1 Å². The van der Waals surface area contributed by atoms with E-state index in [9.17, 15) is 0 Å². The molecule has 1 aromatic heterocycles. The Bertz CT molecular complexity index is 477. The van der Waals surface area contributed by atoms with Crippen LogP contribution in [0.1, 0.15) is 12.8 Å². The van der Waals surface area contributed by atoms with Gasteiger partial charge in [0.15, 0.2) is 11.7 Å². The van der Waals surface area contributed by atoms with Crippen LogP contribution in [0.15, 0.2) is 34.9 Å². The standard InChI is InChI=1S/C14H18N2O2/c1-3-17-12-6-4-11(5-7-12)13-10-16-14(18-13)8-9-15-2/h4-7,10,15H,3,8-9H2,1-2H3. The largest absolute Gasteiger partial charge is 0.494 e. The second kappa shape index (κ2) is 6.21. The van der Waals surface area contributed by atoms with Crippen molar-refractivity contribution in [2.45, 2.75) is 13.3 Å². The molecule has 0 aliphatic rings. The maximum atomic E-state index is 5.68. The highest BCUT2D eigenvalue weighted by molar-refractivity contribution is 5.57. The number of aromatic nitrogens is 1. The molecular weight excluding hydrogens is 228 g/mol. The average molecular weight is 246 g/mol. The second-order valence-corrected chi connectivity index (χ2v) is 3.93. The molecule has 0 radical (unpaired) electrons.